The van der Waals surface area contributed by atoms with Gasteiger partial charge in [0.25, 0.3) is 5.92 Å². The van der Waals surface area contributed by atoms with Gasteiger partial charge < -0.3 is 4.90 Å². The maximum absolute atomic E-state index is 13.4. The van der Waals surface area contributed by atoms with E-state index >= 15 is 0 Å². The average Bonchev–Trinajstić information content (AvgIpc) is 2.48. The van der Waals surface area contributed by atoms with Crippen LogP contribution in [0.25, 0.3) is 10.9 Å². The van der Waals surface area contributed by atoms with Crippen molar-refractivity contribution in [1.82, 2.24) is 4.98 Å². The number of carbonyl (C=O) groups excluding carboxylic acids is 1. The Kier molecular flexibility index (Phi) is 3.77. The van der Waals surface area contributed by atoms with E-state index in [2.05, 4.69) is 4.98 Å². The summed E-state index contributed by atoms with van der Waals surface area (Å²) in [4.78, 5) is 18.1. The van der Waals surface area contributed by atoms with Gasteiger partial charge in [0.05, 0.1) is 16.2 Å². The summed E-state index contributed by atoms with van der Waals surface area (Å²) >= 11 is 6.23. The molecule has 0 N–H and O–H groups in total. The molecule has 2 aromatic rings. The summed E-state index contributed by atoms with van der Waals surface area (Å²) in [6.07, 6.45) is 1.17. The molecule has 0 aliphatic carbocycles. The average molecular weight is 325 g/mol. The van der Waals surface area contributed by atoms with Gasteiger partial charge >= 0.3 is 0 Å². The Labute approximate surface area is 131 Å². The highest BCUT2D eigenvalue weighted by molar-refractivity contribution is 6.36. The molecular formula is C16H15ClF2N2O. The molecule has 0 amide bonds. The van der Waals surface area contributed by atoms with Crippen molar-refractivity contribution in [2.45, 2.75) is 25.7 Å². The van der Waals surface area contributed by atoms with E-state index in [0.717, 1.165) is 5.39 Å². The van der Waals surface area contributed by atoms with Crippen molar-refractivity contribution in [3.05, 3.63) is 35.0 Å². The number of aromatic nitrogens is 1. The van der Waals surface area contributed by atoms with E-state index in [-0.39, 0.29) is 31.7 Å². The van der Waals surface area contributed by atoms with E-state index in [1.54, 1.807) is 18.3 Å². The molecule has 6 heteroatoms. The lowest BCUT2D eigenvalue weighted by Gasteiger charge is -2.34. The molecule has 1 aromatic carbocycles. The Balaban J connectivity index is 2.17. The van der Waals surface area contributed by atoms with Crippen molar-refractivity contribution >= 4 is 34.0 Å². The highest BCUT2D eigenvalue weighted by atomic mass is 35.5. The van der Waals surface area contributed by atoms with Gasteiger partial charge in [0, 0.05) is 43.1 Å². The number of fused-ring (bicyclic) bond motifs is 1. The van der Waals surface area contributed by atoms with Gasteiger partial charge in [-0.1, -0.05) is 11.6 Å². The van der Waals surface area contributed by atoms with E-state index in [0.29, 0.717) is 21.8 Å². The van der Waals surface area contributed by atoms with Crippen LogP contribution in [0.3, 0.4) is 0 Å². The Morgan fingerprint density at radius 2 is 2.05 bits per heavy atom. The van der Waals surface area contributed by atoms with Gasteiger partial charge in [-0.25, -0.2) is 8.78 Å². The Morgan fingerprint density at radius 1 is 1.36 bits per heavy atom. The molecule has 0 atom stereocenters. The smallest absolute Gasteiger partial charge is 0.251 e. The molecule has 0 radical (unpaired) electrons. The molecular weight excluding hydrogens is 310 g/mol. The fourth-order valence-electron chi connectivity index (χ4n) is 2.83. The standard InChI is InChI=1S/C16H15ClF2N2O/c1-10(22)12-9-13(17)11-3-2-6-20-14(11)15(12)21-7-4-16(18,19)5-8-21/h2-3,6,9H,4-5,7-8H2,1H3. The summed E-state index contributed by atoms with van der Waals surface area (Å²) < 4.78 is 26.8. The highest BCUT2D eigenvalue weighted by Crippen LogP contribution is 2.38. The second-order valence-electron chi connectivity index (χ2n) is 5.55. The fraction of sp³-hybridized carbons (Fsp3) is 0.375. The first kappa shape index (κ1) is 15.2. The zero-order valence-corrected chi connectivity index (χ0v) is 12.8. The quantitative estimate of drug-likeness (QED) is 0.771. The number of rotatable bonds is 2. The Hall–Kier alpha value is -1.75. The largest absolute Gasteiger partial charge is 0.369 e. The van der Waals surface area contributed by atoms with E-state index in [1.807, 2.05) is 11.0 Å². The third kappa shape index (κ3) is 2.65. The van der Waals surface area contributed by atoms with Crippen LogP contribution in [-0.4, -0.2) is 29.8 Å². The number of hydrogen-bond donors (Lipinski definition) is 0. The summed E-state index contributed by atoms with van der Waals surface area (Å²) in [5, 5.41) is 1.17. The molecule has 0 unspecified atom stereocenters. The maximum atomic E-state index is 13.4. The second-order valence-corrected chi connectivity index (χ2v) is 5.96. The molecule has 0 spiro atoms. The van der Waals surface area contributed by atoms with Crippen LogP contribution in [0.1, 0.15) is 30.1 Å². The van der Waals surface area contributed by atoms with Crippen molar-refractivity contribution in [3.8, 4) is 0 Å². The minimum absolute atomic E-state index is 0.151. The van der Waals surface area contributed by atoms with Crippen LogP contribution in [0.2, 0.25) is 5.02 Å². The van der Waals surface area contributed by atoms with E-state index < -0.39 is 5.92 Å². The first-order chi connectivity index (χ1) is 10.4. The van der Waals surface area contributed by atoms with Gasteiger partial charge in [0.15, 0.2) is 5.78 Å². The number of hydrogen-bond acceptors (Lipinski definition) is 3. The molecule has 0 saturated carbocycles. The van der Waals surface area contributed by atoms with Crippen molar-refractivity contribution in [1.29, 1.82) is 0 Å². The van der Waals surface area contributed by atoms with Crippen molar-refractivity contribution in [2.75, 3.05) is 18.0 Å². The molecule has 3 rings (SSSR count). The number of halogens is 3. The van der Waals surface area contributed by atoms with Gasteiger partial charge in [0.1, 0.15) is 0 Å². The summed E-state index contributed by atoms with van der Waals surface area (Å²) in [6.45, 7) is 1.84. The molecule has 22 heavy (non-hydrogen) atoms. The van der Waals surface area contributed by atoms with Crippen LogP contribution in [0.5, 0.6) is 0 Å². The molecule has 1 aliphatic heterocycles. The lowest BCUT2D eigenvalue weighted by Crippen LogP contribution is -2.40. The summed E-state index contributed by atoms with van der Waals surface area (Å²) in [5.74, 6) is -2.79. The zero-order valence-electron chi connectivity index (χ0n) is 12.1. The maximum Gasteiger partial charge on any atom is 0.251 e. The zero-order chi connectivity index (χ0) is 15.9. The lowest BCUT2D eigenvalue weighted by atomic mass is 10.0. The molecule has 2 heterocycles. The van der Waals surface area contributed by atoms with Crippen LogP contribution >= 0.6 is 11.6 Å². The first-order valence-electron chi connectivity index (χ1n) is 7.10. The summed E-state index contributed by atoms with van der Waals surface area (Å²) in [6, 6.07) is 5.18. The van der Waals surface area contributed by atoms with Crippen molar-refractivity contribution in [3.63, 3.8) is 0 Å². The Bertz CT molecular complexity index is 738. The van der Waals surface area contributed by atoms with E-state index in [9.17, 15) is 13.6 Å². The third-order valence-corrected chi connectivity index (χ3v) is 4.32. The van der Waals surface area contributed by atoms with Gasteiger partial charge in [-0.15, -0.1) is 0 Å². The number of alkyl halides is 2. The number of carbonyl (C=O) groups is 1. The van der Waals surface area contributed by atoms with Crippen molar-refractivity contribution in [2.24, 2.45) is 0 Å². The number of benzene rings is 1. The minimum atomic E-state index is -2.64. The minimum Gasteiger partial charge on any atom is -0.369 e. The molecule has 1 saturated heterocycles. The van der Waals surface area contributed by atoms with Crippen LogP contribution in [-0.2, 0) is 0 Å². The van der Waals surface area contributed by atoms with E-state index in [4.69, 9.17) is 11.6 Å². The third-order valence-electron chi connectivity index (χ3n) is 4.01. The SMILES string of the molecule is CC(=O)c1cc(Cl)c2cccnc2c1N1CCC(F)(F)CC1. The molecule has 1 aromatic heterocycles. The van der Waals surface area contributed by atoms with Crippen LogP contribution in [0.15, 0.2) is 24.4 Å². The Morgan fingerprint density at radius 3 is 2.68 bits per heavy atom. The van der Waals surface area contributed by atoms with Crippen LogP contribution in [0.4, 0.5) is 14.5 Å². The molecule has 0 bridgehead atoms. The number of nitrogens with zero attached hydrogens (tertiary/aromatic N) is 2. The lowest BCUT2D eigenvalue weighted by molar-refractivity contribution is -0.0220. The van der Waals surface area contributed by atoms with Crippen LogP contribution < -0.4 is 4.90 Å². The summed E-state index contributed by atoms with van der Waals surface area (Å²) in [5.41, 5.74) is 1.63. The van der Waals surface area contributed by atoms with Gasteiger partial charge in [-0.3, -0.25) is 9.78 Å². The van der Waals surface area contributed by atoms with Gasteiger partial charge in [-0.2, -0.15) is 0 Å². The molecule has 3 nitrogen and oxygen atoms in total. The monoisotopic (exact) mass is 324 g/mol. The first-order valence-corrected chi connectivity index (χ1v) is 7.48. The number of pyridine rings is 1. The normalized spacial score (nSPS) is 17.7. The fourth-order valence-corrected chi connectivity index (χ4v) is 3.09. The number of Topliss-reactive ketones (excluding diaryl/α,β-unsaturated/α-hetero) is 1. The molecule has 1 aliphatic rings. The number of anilines is 1. The molecule has 1 fully saturated rings. The predicted octanol–water partition coefficient (Wildman–Crippen LogP) is 4.33. The number of ketones is 1. The second kappa shape index (κ2) is 5.47. The number of piperidine rings is 1. The highest BCUT2D eigenvalue weighted by Gasteiger charge is 2.35. The predicted molar refractivity (Wildman–Crippen MR) is 83.2 cm³/mol. The molecule has 116 valence electrons. The topological polar surface area (TPSA) is 33.2 Å². The van der Waals surface area contributed by atoms with Crippen molar-refractivity contribution < 1.29 is 13.6 Å². The van der Waals surface area contributed by atoms with E-state index in [1.165, 1.54) is 6.92 Å². The van der Waals surface area contributed by atoms with Gasteiger partial charge in [0.2, 0.25) is 0 Å². The van der Waals surface area contributed by atoms with Crippen LogP contribution in [0, 0.1) is 0 Å². The summed E-state index contributed by atoms with van der Waals surface area (Å²) in [7, 11) is 0. The van der Waals surface area contributed by atoms with Gasteiger partial charge in [-0.05, 0) is 25.1 Å².